The third-order valence-electron chi connectivity index (χ3n) is 3.14. The molecule has 0 saturated heterocycles. The van der Waals surface area contributed by atoms with Crippen molar-refractivity contribution in [3.63, 3.8) is 0 Å². The number of amides is 1. The third kappa shape index (κ3) is 3.03. The molecule has 0 aromatic heterocycles. The van der Waals surface area contributed by atoms with Crippen LogP contribution in [0, 0.1) is 0 Å². The standard InChI is InChI=1S/C14H19ClN2O/c1-2-6-16-7-3-8-17-13-10-12(15)5-4-11(13)9-14(17)18/h4-5,10,16H,2-3,6-9H2,1H3. The van der Waals surface area contributed by atoms with Gasteiger partial charge in [0.05, 0.1) is 6.42 Å². The summed E-state index contributed by atoms with van der Waals surface area (Å²) in [5, 5.41) is 4.04. The van der Waals surface area contributed by atoms with E-state index in [9.17, 15) is 4.79 Å². The molecule has 1 amide bonds. The van der Waals surface area contributed by atoms with Gasteiger partial charge in [0.2, 0.25) is 5.91 Å². The normalized spacial score (nSPS) is 14.1. The lowest BCUT2D eigenvalue weighted by Gasteiger charge is -2.17. The zero-order valence-electron chi connectivity index (χ0n) is 10.7. The van der Waals surface area contributed by atoms with E-state index in [2.05, 4.69) is 12.2 Å². The fraction of sp³-hybridized carbons (Fsp3) is 0.500. The van der Waals surface area contributed by atoms with Crippen molar-refractivity contribution in [1.29, 1.82) is 0 Å². The molecule has 1 aliphatic rings. The Kier molecular flexibility index (Phi) is 4.61. The summed E-state index contributed by atoms with van der Waals surface area (Å²) >= 11 is 5.99. The molecular weight excluding hydrogens is 248 g/mol. The number of benzene rings is 1. The minimum Gasteiger partial charge on any atom is -0.317 e. The van der Waals surface area contributed by atoms with Crippen LogP contribution >= 0.6 is 11.6 Å². The second-order valence-electron chi connectivity index (χ2n) is 4.60. The molecule has 0 unspecified atom stereocenters. The maximum Gasteiger partial charge on any atom is 0.231 e. The summed E-state index contributed by atoms with van der Waals surface area (Å²) in [6.07, 6.45) is 2.62. The first kappa shape index (κ1) is 13.4. The van der Waals surface area contributed by atoms with Gasteiger partial charge in [0.1, 0.15) is 0 Å². The van der Waals surface area contributed by atoms with Crippen LogP contribution in [0.2, 0.25) is 5.02 Å². The average molecular weight is 267 g/mol. The van der Waals surface area contributed by atoms with E-state index in [1.165, 1.54) is 0 Å². The summed E-state index contributed by atoms with van der Waals surface area (Å²) < 4.78 is 0. The van der Waals surface area contributed by atoms with Gasteiger partial charge in [0, 0.05) is 17.3 Å². The van der Waals surface area contributed by atoms with Crippen molar-refractivity contribution in [2.45, 2.75) is 26.2 Å². The lowest BCUT2D eigenvalue weighted by atomic mass is 10.2. The van der Waals surface area contributed by atoms with Crippen LogP contribution in [0.1, 0.15) is 25.3 Å². The number of hydrogen-bond donors (Lipinski definition) is 1. The predicted molar refractivity (Wildman–Crippen MR) is 75.3 cm³/mol. The van der Waals surface area contributed by atoms with E-state index in [-0.39, 0.29) is 5.91 Å². The summed E-state index contributed by atoms with van der Waals surface area (Å²) in [4.78, 5) is 13.8. The smallest absolute Gasteiger partial charge is 0.231 e. The molecule has 0 saturated carbocycles. The molecule has 0 aliphatic carbocycles. The Bertz CT molecular complexity index is 434. The van der Waals surface area contributed by atoms with E-state index in [4.69, 9.17) is 11.6 Å². The van der Waals surface area contributed by atoms with Gasteiger partial charge in [-0.25, -0.2) is 0 Å². The Labute approximate surface area is 113 Å². The predicted octanol–water partition coefficient (Wildman–Crippen LogP) is 2.62. The van der Waals surface area contributed by atoms with Crippen LogP contribution in [0.15, 0.2) is 18.2 Å². The van der Waals surface area contributed by atoms with Gasteiger partial charge in [-0.3, -0.25) is 4.79 Å². The number of halogens is 1. The van der Waals surface area contributed by atoms with Crippen LogP contribution < -0.4 is 10.2 Å². The van der Waals surface area contributed by atoms with Crippen molar-refractivity contribution in [2.24, 2.45) is 0 Å². The first-order valence-corrected chi connectivity index (χ1v) is 6.89. The van der Waals surface area contributed by atoms with Gasteiger partial charge in [-0.05, 0) is 43.6 Å². The highest BCUT2D eigenvalue weighted by molar-refractivity contribution is 6.31. The Hall–Kier alpha value is -1.06. The van der Waals surface area contributed by atoms with Crippen molar-refractivity contribution >= 4 is 23.2 Å². The fourth-order valence-electron chi connectivity index (χ4n) is 2.24. The molecular formula is C14H19ClN2O. The van der Waals surface area contributed by atoms with E-state index in [0.29, 0.717) is 11.4 Å². The molecule has 0 bridgehead atoms. The average Bonchev–Trinajstić information content (AvgIpc) is 2.65. The van der Waals surface area contributed by atoms with Crippen molar-refractivity contribution in [2.75, 3.05) is 24.5 Å². The number of nitrogens with zero attached hydrogens (tertiary/aromatic N) is 1. The highest BCUT2D eigenvalue weighted by atomic mass is 35.5. The van der Waals surface area contributed by atoms with Gasteiger partial charge in [-0.1, -0.05) is 24.6 Å². The molecule has 1 aliphatic heterocycles. The van der Waals surface area contributed by atoms with Crippen molar-refractivity contribution in [1.82, 2.24) is 5.32 Å². The maximum absolute atomic E-state index is 11.9. The van der Waals surface area contributed by atoms with Crippen LogP contribution in [0.25, 0.3) is 0 Å². The van der Waals surface area contributed by atoms with E-state index >= 15 is 0 Å². The highest BCUT2D eigenvalue weighted by Gasteiger charge is 2.26. The Morgan fingerprint density at radius 3 is 3.00 bits per heavy atom. The largest absolute Gasteiger partial charge is 0.317 e. The Morgan fingerprint density at radius 2 is 2.22 bits per heavy atom. The van der Waals surface area contributed by atoms with Crippen LogP contribution in [0.3, 0.4) is 0 Å². The van der Waals surface area contributed by atoms with E-state index in [1.807, 2.05) is 23.1 Å². The number of nitrogens with one attached hydrogen (secondary N) is 1. The summed E-state index contributed by atoms with van der Waals surface area (Å²) in [7, 11) is 0. The molecule has 4 heteroatoms. The second kappa shape index (κ2) is 6.21. The second-order valence-corrected chi connectivity index (χ2v) is 5.04. The lowest BCUT2D eigenvalue weighted by Crippen LogP contribution is -2.30. The first-order valence-electron chi connectivity index (χ1n) is 6.52. The molecule has 1 aromatic rings. The van der Waals surface area contributed by atoms with Crippen molar-refractivity contribution in [3.05, 3.63) is 28.8 Å². The minimum absolute atomic E-state index is 0.183. The zero-order valence-corrected chi connectivity index (χ0v) is 11.5. The molecule has 18 heavy (non-hydrogen) atoms. The van der Waals surface area contributed by atoms with Crippen molar-refractivity contribution < 1.29 is 4.79 Å². The Balaban J connectivity index is 1.93. The molecule has 1 aromatic carbocycles. The number of fused-ring (bicyclic) bond motifs is 1. The molecule has 0 fully saturated rings. The van der Waals surface area contributed by atoms with Gasteiger partial charge in [-0.2, -0.15) is 0 Å². The molecule has 3 nitrogen and oxygen atoms in total. The summed E-state index contributed by atoms with van der Waals surface area (Å²) in [5.41, 5.74) is 2.08. The van der Waals surface area contributed by atoms with Gasteiger partial charge in [-0.15, -0.1) is 0 Å². The van der Waals surface area contributed by atoms with Crippen LogP contribution in [-0.4, -0.2) is 25.5 Å². The summed E-state index contributed by atoms with van der Waals surface area (Å²) in [6, 6.07) is 5.69. The molecule has 0 atom stereocenters. The fourth-order valence-corrected chi connectivity index (χ4v) is 2.41. The first-order chi connectivity index (χ1) is 8.72. The minimum atomic E-state index is 0.183. The lowest BCUT2D eigenvalue weighted by molar-refractivity contribution is -0.117. The van der Waals surface area contributed by atoms with Crippen molar-refractivity contribution in [3.8, 4) is 0 Å². The molecule has 1 N–H and O–H groups in total. The number of hydrogen-bond acceptors (Lipinski definition) is 2. The van der Waals surface area contributed by atoms with Gasteiger partial charge < -0.3 is 10.2 Å². The monoisotopic (exact) mass is 266 g/mol. The van der Waals surface area contributed by atoms with E-state index in [0.717, 1.165) is 43.7 Å². The maximum atomic E-state index is 11.9. The SMILES string of the molecule is CCCNCCCN1C(=O)Cc2ccc(Cl)cc21. The number of anilines is 1. The highest BCUT2D eigenvalue weighted by Crippen LogP contribution is 2.31. The molecule has 98 valence electrons. The van der Waals surface area contributed by atoms with Crippen LogP contribution in [0.5, 0.6) is 0 Å². The molecule has 1 heterocycles. The van der Waals surface area contributed by atoms with Gasteiger partial charge in [0.25, 0.3) is 0 Å². The van der Waals surface area contributed by atoms with Crippen LogP contribution in [-0.2, 0) is 11.2 Å². The van der Waals surface area contributed by atoms with E-state index < -0.39 is 0 Å². The molecule has 0 spiro atoms. The summed E-state index contributed by atoms with van der Waals surface area (Å²) in [6.45, 7) is 4.90. The number of carbonyl (C=O) groups is 1. The van der Waals surface area contributed by atoms with E-state index in [1.54, 1.807) is 0 Å². The third-order valence-corrected chi connectivity index (χ3v) is 3.38. The zero-order chi connectivity index (χ0) is 13.0. The number of rotatable bonds is 6. The number of carbonyl (C=O) groups excluding carboxylic acids is 1. The molecule has 2 rings (SSSR count). The topological polar surface area (TPSA) is 32.3 Å². The quantitative estimate of drug-likeness (QED) is 0.803. The van der Waals surface area contributed by atoms with Gasteiger partial charge >= 0.3 is 0 Å². The van der Waals surface area contributed by atoms with Gasteiger partial charge in [0.15, 0.2) is 0 Å². The Morgan fingerprint density at radius 1 is 1.39 bits per heavy atom. The molecule has 0 radical (unpaired) electrons. The summed E-state index contributed by atoms with van der Waals surface area (Å²) in [5.74, 6) is 0.183. The van der Waals surface area contributed by atoms with Crippen LogP contribution in [0.4, 0.5) is 5.69 Å².